The van der Waals surface area contributed by atoms with E-state index in [9.17, 15) is 14.7 Å². The number of amides is 2. The Kier molecular flexibility index (Phi) is 4.12. The number of ether oxygens (including phenoxy) is 1. The van der Waals surface area contributed by atoms with Gasteiger partial charge in [0.1, 0.15) is 5.60 Å². The van der Waals surface area contributed by atoms with E-state index >= 15 is 0 Å². The van der Waals surface area contributed by atoms with Gasteiger partial charge in [-0.15, -0.1) is 0 Å². The van der Waals surface area contributed by atoms with E-state index in [4.69, 9.17) is 4.74 Å². The second-order valence-corrected chi connectivity index (χ2v) is 6.54. The first-order valence-corrected chi connectivity index (χ1v) is 7.82. The number of hydrogen-bond donors (Lipinski definition) is 2. The summed E-state index contributed by atoms with van der Waals surface area (Å²) in [5, 5.41) is 13.1. The molecule has 2 saturated heterocycles. The molecule has 1 aromatic carbocycles. The van der Waals surface area contributed by atoms with Crippen LogP contribution in [0.3, 0.4) is 0 Å². The lowest BCUT2D eigenvalue weighted by molar-refractivity contribution is -0.171. The third-order valence-electron chi connectivity index (χ3n) is 4.77. The molecule has 0 radical (unpaired) electrons. The van der Waals surface area contributed by atoms with Gasteiger partial charge in [-0.25, -0.2) is 0 Å². The Hall–Kier alpha value is -1.92. The zero-order valence-electron chi connectivity index (χ0n) is 13.2. The molecule has 1 unspecified atom stereocenters. The minimum Gasteiger partial charge on any atom is -0.384 e. The van der Waals surface area contributed by atoms with Crippen molar-refractivity contribution < 1.29 is 19.4 Å². The van der Waals surface area contributed by atoms with Crippen LogP contribution in [-0.4, -0.2) is 60.8 Å². The van der Waals surface area contributed by atoms with Gasteiger partial charge in [0.15, 0.2) is 0 Å². The number of methoxy groups -OCH3 is 1. The Bertz CT molecular complexity index is 586. The highest BCUT2D eigenvalue weighted by Crippen LogP contribution is 2.36. The fourth-order valence-corrected chi connectivity index (χ4v) is 3.53. The van der Waals surface area contributed by atoms with Crippen molar-refractivity contribution in [3.63, 3.8) is 0 Å². The molecule has 124 valence electrons. The maximum absolute atomic E-state index is 13.1. The molecule has 2 aliphatic heterocycles. The highest BCUT2D eigenvalue weighted by molar-refractivity contribution is 5.92. The molecular weight excluding hydrogens is 296 g/mol. The molecule has 0 bridgehead atoms. The zero-order chi connectivity index (χ0) is 16.5. The van der Waals surface area contributed by atoms with Crippen molar-refractivity contribution in [2.24, 2.45) is 0 Å². The lowest BCUT2D eigenvalue weighted by Crippen LogP contribution is -2.69. The average Bonchev–Trinajstić information content (AvgIpc) is 2.54. The van der Waals surface area contributed by atoms with Crippen LogP contribution in [0.4, 0.5) is 0 Å². The first kappa shape index (κ1) is 16.0. The van der Waals surface area contributed by atoms with Gasteiger partial charge < -0.3 is 20.1 Å². The summed E-state index contributed by atoms with van der Waals surface area (Å²) in [6.07, 6.45) is 0.817. The SMILES string of the molecule is COCC1(O)CN(C(=O)C2(c3ccccc3)CCC(=O)NC2)C1. The van der Waals surface area contributed by atoms with Crippen LogP contribution >= 0.6 is 0 Å². The fourth-order valence-electron chi connectivity index (χ4n) is 3.53. The Morgan fingerprint density at radius 1 is 1.35 bits per heavy atom. The number of nitrogens with zero attached hydrogens (tertiary/aromatic N) is 1. The molecule has 6 nitrogen and oxygen atoms in total. The summed E-state index contributed by atoms with van der Waals surface area (Å²) in [6, 6.07) is 9.56. The molecule has 2 fully saturated rings. The first-order valence-electron chi connectivity index (χ1n) is 7.82. The molecule has 23 heavy (non-hydrogen) atoms. The Morgan fingerprint density at radius 2 is 2.04 bits per heavy atom. The lowest BCUT2D eigenvalue weighted by Gasteiger charge is -2.50. The summed E-state index contributed by atoms with van der Waals surface area (Å²) >= 11 is 0. The summed E-state index contributed by atoms with van der Waals surface area (Å²) in [5.41, 5.74) is -0.795. The maximum Gasteiger partial charge on any atom is 0.235 e. The maximum atomic E-state index is 13.1. The van der Waals surface area contributed by atoms with E-state index in [0.717, 1.165) is 5.56 Å². The predicted octanol–water partition coefficient (Wildman–Crippen LogP) is 0.0541. The van der Waals surface area contributed by atoms with Crippen LogP contribution in [0.25, 0.3) is 0 Å². The van der Waals surface area contributed by atoms with Crippen molar-refractivity contribution in [3.8, 4) is 0 Å². The fraction of sp³-hybridized carbons (Fsp3) is 0.529. The molecule has 0 aromatic heterocycles. The van der Waals surface area contributed by atoms with Gasteiger partial charge in [-0.05, 0) is 12.0 Å². The van der Waals surface area contributed by atoms with E-state index in [1.165, 1.54) is 7.11 Å². The number of benzene rings is 1. The first-order chi connectivity index (χ1) is 11.0. The van der Waals surface area contributed by atoms with Crippen LogP contribution in [0, 0.1) is 0 Å². The predicted molar refractivity (Wildman–Crippen MR) is 83.8 cm³/mol. The topological polar surface area (TPSA) is 78.9 Å². The van der Waals surface area contributed by atoms with Gasteiger partial charge in [0, 0.05) is 20.1 Å². The number of piperidine rings is 1. The van der Waals surface area contributed by atoms with E-state index in [-0.39, 0.29) is 31.5 Å². The molecule has 2 heterocycles. The molecule has 2 amide bonds. The van der Waals surface area contributed by atoms with E-state index in [0.29, 0.717) is 19.4 Å². The number of nitrogens with one attached hydrogen (secondary N) is 1. The van der Waals surface area contributed by atoms with Crippen molar-refractivity contribution in [2.45, 2.75) is 23.9 Å². The van der Waals surface area contributed by atoms with Gasteiger partial charge >= 0.3 is 0 Å². The van der Waals surface area contributed by atoms with Crippen LogP contribution in [0.5, 0.6) is 0 Å². The molecule has 2 N–H and O–H groups in total. The van der Waals surface area contributed by atoms with Gasteiger partial charge in [0.2, 0.25) is 11.8 Å². The monoisotopic (exact) mass is 318 g/mol. The highest BCUT2D eigenvalue weighted by Gasteiger charge is 2.51. The summed E-state index contributed by atoms with van der Waals surface area (Å²) < 4.78 is 5.00. The van der Waals surface area contributed by atoms with E-state index in [1.807, 2.05) is 30.3 Å². The molecule has 0 aliphatic carbocycles. The second kappa shape index (κ2) is 5.94. The van der Waals surface area contributed by atoms with Crippen molar-refractivity contribution >= 4 is 11.8 Å². The Labute approximate surface area is 135 Å². The van der Waals surface area contributed by atoms with E-state index in [1.54, 1.807) is 4.90 Å². The number of hydrogen-bond acceptors (Lipinski definition) is 4. The number of β-amino-alcohol motifs (C(OH)–C–C–N with tert-alkyl or cyclic N) is 1. The Morgan fingerprint density at radius 3 is 2.61 bits per heavy atom. The molecule has 0 saturated carbocycles. The van der Waals surface area contributed by atoms with Crippen molar-refractivity contribution in [1.82, 2.24) is 10.2 Å². The standard InChI is InChI=1S/C17H22N2O4/c1-23-12-16(22)10-19(11-16)15(21)17(8-7-14(20)18-9-17)13-5-3-2-4-6-13/h2-6,22H,7-12H2,1H3,(H,18,20). The lowest BCUT2D eigenvalue weighted by atomic mass is 9.72. The van der Waals surface area contributed by atoms with E-state index < -0.39 is 11.0 Å². The summed E-state index contributed by atoms with van der Waals surface area (Å²) in [4.78, 5) is 26.3. The number of likely N-dealkylation sites (tertiary alicyclic amines) is 1. The zero-order valence-corrected chi connectivity index (χ0v) is 13.2. The minimum atomic E-state index is -0.958. The summed E-state index contributed by atoms with van der Waals surface area (Å²) in [7, 11) is 1.53. The highest BCUT2D eigenvalue weighted by atomic mass is 16.5. The smallest absolute Gasteiger partial charge is 0.235 e. The third kappa shape index (κ3) is 2.84. The summed E-state index contributed by atoms with van der Waals surface area (Å²) in [6.45, 7) is 1.05. The largest absolute Gasteiger partial charge is 0.384 e. The molecular formula is C17H22N2O4. The molecule has 1 atom stereocenters. The number of carbonyl (C=O) groups excluding carboxylic acids is 2. The van der Waals surface area contributed by atoms with Gasteiger partial charge in [-0.1, -0.05) is 30.3 Å². The quantitative estimate of drug-likeness (QED) is 0.822. The van der Waals surface area contributed by atoms with Gasteiger partial charge in [0.05, 0.1) is 25.1 Å². The summed E-state index contributed by atoms with van der Waals surface area (Å²) in [5.74, 6) is -0.0617. The Balaban J connectivity index is 1.83. The van der Waals surface area contributed by atoms with Crippen molar-refractivity contribution in [2.75, 3.05) is 33.4 Å². The number of aliphatic hydroxyl groups is 1. The van der Waals surface area contributed by atoms with Crippen LogP contribution in [0.2, 0.25) is 0 Å². The van der Waals surface area contributed by atoms with Crippen molar-refractivity contribution in [1.29, 1.82) is 0 Å². The van der Waals surface area contributed by atoms with Gasteiger partial charge in [-0.3, -0.25) is 9.59 Å². The average molecular weight is 318 g/mol. The molecule has 2 aliphatic rings. The van der Waals surface area contributed by atoms with Crippen molar-refractivity contribution in [3.05, 3.63) is 35.9 Å². The third-order valence-corrected chi connectivity index (χ3v) is 4.77. The minimum absolute atomic E-state index is 0.0242. The van der Waals surface area contributed by atoms with Gasteiger partial charge in [0.25, 0.3) is 0 Å². The number of carbonyl (C=O) groups is 2. The normalized spacial score (nSPS) is 26.3. The van der Waals surface area contributed by atoms with Crippen LogP contribution in [0.15, 0.2) is 30.3 Å². The second-order valence-electron chi connectivity index (χ2n) is 6.54. The van der Waals surface area contributed by atoms with Crippen LogP contribution < -0.4 is 5.32 Å². The molecule has 3 rings (SSSR count). The van der Waals surface area contributed by atoms with Crippen LogP contribution in [0.1, 0.15) is 18.4 Å². The number of rotatable bonds is 4. The molecule has 0 spiro atoms. The molecule has 6 heteroatoms. The van der Waals surface area contributed by atoms with E-state index in [2.05, 4.69) is 5.32 Å². The van der Waals surface area contributed by atoms with Gasteiger partial charge in [-0.2, -0.15) is 0 Å². The molecule has 1 aromatic rings. The van der Waals surface area contributed by atoms with Crippen LogP contribution in [-0.2, 0) is 19.7 Å².